The minimum Gasteiger partial charge on any atom is -0.508 e. The number of rotatable bonds is 4. The number of hydrogen-bond acceptors (Lipinski definition) is 4. The van der Waals surface area contributed by atoms with Crippen LogP contribution in [0.2, 0.25) is 0 Å². The van der Waals surface area contributed by atoms with Gasteiger partial charge in [0, 0.05) is 33.8 Å². The number of nitrogens with one attached hydrogen (secondary N) is 1. The summed E-state index contributed by atoms with van der Waals surface area (Å²) in [6, 6.07) is 21.7. The summed E-state index contributed by atoms with van der Waals surface area (Å²) < 4.78 is 6.56. The van der Waals surface area contributed by atoms with Crippen LogP contribution in [0, 0.1) is 6.92 Å². The lowest BCUT2D eigenvalue weighted by Crippen LogP contribution is -2.33. The van der Waals surface area contributed by atoms with Gasteiger partial charge in [0.25, 0.3) is 0 Å². The van der Waals surface area contributed by atoms with Crippen molar-refractivity contribution in [3.8, 4) is 11.5 Å². The number of aryl methyl sites for hydroxylation is 1. The van der Waals surface area contributed by atoms with Gasteiger partial charge in [0.15, 0.2) is 0 Å². The molecule has 0 saturated carbocycles. The first-order valence-electron chi connectivity index (χ1n) is 9.56. The summed E-state index contributed by atoms with van der Waals surface area (Å²) in [6.07, 6.45) is 0.394. The highest BCUT2D eigenvalue weighted by Gasteiger charge is 2.29. The number of halogens is 1. The molecule has 4 nitrogen and oxygen atoms in total. The topological polar surface area (TPSA) is 53.9 Å². The summed E-state index contributed by atoms with van der Waals surface area (Å²) in [4.78, 5) is 5.03. The zero-order valence-corrected chi connectivity index (χ0v) is 18.0. The van der Waals surface area contributed by atoms with Crippen LogP contribution < -0.4 is 10.1 Å². The summed E-state index contributed by atoms with van der Waals surface area (Å²) in [5, 5.41) is 14.0. The van der Waals surface area contributed by atoms with Gasteiger partial charge in [0.1, 0.15) is 17.7 Å². The number of aromatic hydroxyl groups is 1. The molecule has 148 valence electrons. The van der Waals surface area contributed by atoms with Gasteiger partial charge in [-0.25, -0.2) is 0 Å². The average molecular weight is 451 g/mol. The second kappa shape index (κ2) is 8.39. The van der Waals surface area contributed by atoms with Crippen molar-refractivity contribution >= 4 is 21.6 Å². The number of ether oxygens (including phenoxy) is 1. The molecule has 0 spiro atoms. The van der Waals surface area contributed by atoms with Crippen LogP contribution in [0.15, 0.2) is 76.2 Å². The number of hydrogen-bond donors (Lipinski definition) is 2. The lowest BCUT2D eigenvalue weighted by Gasteiger charge is -2.31. The van der Waals surface area contributed by atoms with Crippen molar-refractivity contribution in [2.45, 2.75) is 25.6 Å². The van der Waals surface area contributed by atoms with Gasteiger partial charge >= 0.3 is 0 Å². The lowest BCUT2D eigenvalue weighted by molar-refractivity contribution is 0.381. The second-order valence-electron chi connectivity index (χ2n) is 7.21. The Morgan fingerprint density at radius 1 is 1.03 bits per heavy atom. The van der Waals surface area contributed by atoms with E-state index in [2.05, 4.69) is 52.4 Å². The number of nitrogens with zero attached hydrogens (tertiary/aromatic N) is 1. The first-order chi connectivity index (χ1) is 14.0. The van der Waals surface area contributed by atoms with Crippen LogP contribution in [-0.4, -0.2) is 17.9 Å². The Hall–Kier alpha value is -2.63. The Labute approximate surface area is 179 Å². The van der Waals surface area contributed by atoms with Crippen LogP contribution in [0.25, 0.3) is 0 Å². The zero-order valence-electron chi connectivity index (χ0n) is 16.4. The zero-order chi connectivity index (χ0) is 20.4. The van der Waals surface area contributed by atoms with Crippen molar-refractivity contribution in [1.82, 2.24) is 5.32 Å². The number of phenolic OH excluding ortho intramolecular Hbond substituents is 1. The fourth-order valence-corrected chi connectivity index (χ4v) is 4.07. The normalized spacial score (nSPS) is 18.9. The van der Waals surface area contributed by atoms with Crippen LogP contribution in [0.3, 0.4) is 0 Å². The molecule has 3 aromatic rings. The Morgan fingerprint density at radius 2 is 1.79 bits per heavy atom. The van der Waals surface area contributed by atoms with Crippen molar-refractivity contribution in [2.75, 3.05) is 7.11 Å². The van der Waals surface area contributed by atoms with E-state index in [0.29, 0.717) is 6.42 Å². The first-order valence-corrected chi connectivity index (χ1v) is 10.4. The number of para-hydroxylation sites is 1. The molecule has 0 aromatic heterocycles. The SMILES string of the molecule is COc1ccc(Br)cc1[C@H]1N=C(c2ccc(C)cc2)C[C@H](c2ccccc2O)N1. The van der Waals surface area contributed by atoms with E-state index in [1.54, 1.807) is 13.2 Å². The monoisotopic (exact) mass is 450 g/mol. The van der Waals surface area contributed by atoms with Crippen LogP contribution in [0.4, 0.5) is 0 Å². The van der Waals surface area contributed by atoms with Gasteiger partial charge in [-0.3, -0.25) is 10.3 Å². The fraction of sp³-hybridized carbons (Fsp3) is 0.208. The highest BCUT2D eigenvalue weighted by atomic mass is 79.9. The Balaban J connectivity index is 1.80. The molecule has 0 radical (unpaired) electrons. The Kier molecular flexibility index (Phi) is 5.69. The van der Waals surface area contributed by atoms with Gasteiger partial charge in [-0.05, 0) is 36.8 Å². The van der Waals surface area contributed by atoms with Crippen molar-refractivity contribution in [3.63, 3.8) is 0 Å². The molecule has 3 aromatic carbocycles. The van der Waals surface area contributed by atoms with E-state index in [1.165, 1.54) is 5.56 Å². The smallest absolute Gasteiger partial charge is 0.130 e. The third-order valence-electron chi connectivity index (χ3n) is 5.22. The van der Waals surface area contributed by atoms with E-state index >= 15 is 0 Å². The summed E-state index contributed by atoms with van der Waals surface area (Å²) in [7, 11) is 1.67. The predicted molar refractivity (Wildman–Crippen MR) is 120 cm³/mol. The molecule has 0 aliphatic carbocycles. The molecule has 0 amide bonds. The standard InChI is InChI=1S/C24H23BrN2O2/c1-15-7-9-16(10-8-15)20-14-21(18-5-3-4-6-22(18)28)27-24(26-20)19-13-17(25)11-12-23(19)29-2/h3-13,21,24,27-28H,14H2,1-2H3/t21-,24+/m1/s1. The highest BCUT2D eigenvalue weighted by Crippen LogP contribution is 2.37. The molecule has 5 heteroatoms. The summed E-state index contributed by atoms with van der Waals surface area (Å²) >= 11 is 3.56. The lowest BCUT2D eigenvalue weighted by atomic mass is 9.93. The molecule has 0 saturated heterocycles. The van der Waals surface area contributed by atoms with Gasteiger partial charge in [0.05, 0.1) is 7.11 Å². The maximum Gasteiger partial charge on any atom is 0.130 e. The molecule has 2 N–H and O–H groups in total. The van der Waals surface area contributed by atoms with Gasteiger partial charge in [-0.15, -0.1) is 0 Å². The van der Waals surface area contributed by atoms with Gasteiger partial charge in [0.2, 0.25) is 0 Å². The van der Waals surface area contributed by atoms with Crippen LogP contribution >= 0.6 is 15.9 Å². The van der Waals surface area contributed by atoms with Crippen molar-refractivity contribution in [1.29, 1.82) is 0 Å². The largest absolute Gasteiger partial charge is 0.508 e. The number of aliphatic imine (C=N–C) groups is 1. The molecule has 1 aliphatic heterocycles. The number of methoxy groups -OCH3 is 1. The van der Waals surface area contributed by atoms with Crippen molar-refractivity contribution in [3.05, 3.63) is 93.5 Å². The third-order valence-corrected chi connectivity index (χ3v) is 5.72. The maximum absolute atomic E-state index is 10.4. The van der Waals surface area contributed by atoms with Crippen LogP contribution in [0.1, 0.15) is 40.9 Å². The van der Waals surface area contributed by atoms with E-state index in [4.69, 9.17) is 9.73 Å². The van der Waals surface area contributed by atoms with E-state index in [-0.39, 0.29) is 18.0 Å². The summed E-state index contributed by atoms with van der Waals surface area (Å²) in [5.41, 5.74) is 5.13. The highest BCUT2D eigenvalue weighted by molar-refractivity contribution is 9.10. The van der Waals surface area contributed by atoms with E-state index in [1.807, 2.05) is 36.4 Å². The molecule has 1 heterocycles. The van der Waals surface area contributed by atoms with E-state index < -0.39 is 0 Å². The molecule has 2 atom stereocenters. The summed E-state index contributed by atoms with van der Waals surface area (Å²) in [6.45, 7) is 2.08. The predicted octanol–water partition coefficient (Wildman–Crippen LogP) is 5.69. The number of benzene rings is 3. The Morgan fingerprint density at radius 3 is 2.52 bits per heavy atom. The van der Waals surface area contributed by atoms with E-state index in [0.717, 1.165) is 32.6 Å². The summed E-state index contributed by atoms with van der Waals surface area (Å²) in [5.74, 6) is 1.06. The molecule has 29 heavy (non-hydrogen) atoms. The minimum atomic E-state index is -0.294. The molecule has 1 aliphatic rings. The molecule has 0 bridgehead atoms. The van der Waals surface area contributed by atoms with Gasteiger partial charge < -0.3 is 9.84 Å². The molecular weight excluding hydrogens is 428 g/mol. The molecular formula is C24H23BrN2O2. The van der Waals surface area contributed by atoms with E-state index in [9.17, 15) is 5.11 Å². The van der Waals surface area contributed by atoms with Gasteiger partial charge in [-0.2, -0.15) is 0 Å². The second-order valence-corrected chi connectivity index (χ2v) is 8.13. The van der Waals surface area contributed by atoms with Crippen molar-refractivity contribution < 1.29 is 9.84 Å². The third kappa shape index (κ3) is 4.21. The molecule has 4 rings (SSSR count). The fourth-order valence-electron chi connectivity index (χ4n) is 3.69. The Bertz CT molecular complexity index is 1050. The quantitative estimate of drug-likeness (QED) is 0.536. The number of phenols is 1. The van der Waals surface area contributed by atoms with Crippen LogP contribution in [0.5, 0.6) is 11.5 Å². The van der Waals surface area contributed by atoms with Crippen molar-refractivity contribution in [2.24, 2.45) is 4.99 Å². The average Bonchev–Trinajstić information content (AvgIpc) is 2.74. The first kappa shape index (κ1) is 19.7. The van der Waals surface area contributed by atoms with Gasteiger partial charge in [-0.1, -0.05) is 64.0 Å². The molecule has 0 unspecified atom stereocenters. The van der Waals surface area contributed by atoms with Crippen LogP contribution in [-0.2, 0) is 0 Å². The minimum absolute atomic E-state index is 0.0707. The maximum atomic E-state index is 10.4. The molecule has 0 fully saturated rings.